The van der Waals surface area contributed by atoms with E-state index < -0.39 is 33.5 Å². The van der Waals surface area contributed by atoms with Gasteiger partial charge >= 0.3 is 5.97 Å². The van der Waals surface area contributed by atoms with E-state index in [1.807, 2.05) is 0 Å². The van der Waals surface area contributed by atoms with Crippen LogP contribution in [0.5, 0.6) is 0 Å². The fourth-order valence-electron chi connectivity index (χ4n) is 2.30. The van der Waals surface area contributed by atoms with Crippen LogP contribution < -0.4 is 0 Å². The second-order valence-corrected chi connectivity index (χ2v) is 7.69. The number of sulfonamides is 1. The monoisotopic (exact) mass is 343 g/mol. The summed E-state index contributed by atoms with van der Waals surface area (Å²) in [7, 11) is -1.14. The highest BCUT2D eigenvalue weighted by Gasteiger charge is 2.28. The fraction of sp³-hybridized carbons (Fsp3) is 0.467. The SMILES string of the molecule is CN(C)S(=O)(=O)c1ccc(F)c(C(=O)O[C@@H]2CCCCC2=O)c1. The molecule has 2 rings (SSSR count). The predicted molar refractivity (Wildman–Crippen MR) is 80.0 cm³/mol. The number of hydrogen-bond acceptors (Lipinski definition) is 5. The van der Waals surface area contributed by atoms with Crippen molar-refractivity contribution in [1.82, 2.24) is 4.31 Å². The molecule has 0 aromatic heterocycles. The van der Waals surface area contributed by atoms with Crippen molar-refractivity contribution >= 4 is 21.8 Å². The summed E-state index contributed by atoms with van der Waals surface area (Å²) < 4.78 is 44.0. The number of benzene rings is 1. The van der Waals surface area contributed by atoms with E-state index >= 15 is 0 Å². The maximum atomic E-state index is 13.9. The van der Waals surface area contributed by atoms with Gasteiger partial charge in [0.25, 0.3) is 0 Å². The molecule has 0 heterocycles. The number of ketones is 1. The number of Topliss-reactive ketones (excluding diaryl/α,β-unsaturated/α-hetero) is 1. The molecule has 126 valence electrons. The molecule has 8 heteroatoms. The lowest BCUT2D eigenvalue weighted by molar-refractivity contribution is -0.129. The van der Waals surface area contributed by atoms with Crippen LogP contribution in [0.3, 0.4) is 0 Å². The second-order valence-electron chi connectivity index (χ2n) is 5.54. The van der Waals surface area contributed by atoms with Crippen LogP contribution in [0.4, 0.5) is 4.39 Å². The lowest BCUT2D eigenvalue weighted by Crippen LogP contribution is -2.30. The summed E-state index contributed by atoms with van der Waals surface area (Å²) in [4.78, 5) is 23.6. The van der Waals surface area contributed by atoms with Crippen LogP contribution in [0.25, 0.3) is 0 Å². The normalized spacial score (nSPS) is 19.0. The lowest BCUT2D eigenvalue weighted by atomic mass is 9.96. The van der Waals surface area contributed by atoms with E-state index in [0.29, 0.717) is 12.8 Å². The number of rotatable bonds is 4. The first-order valence-electron chi connectivity index (χ1n) is 7.19. The Morgan fingerprint density at radius 2 is 2.00 bits per heavy atom. The summed E-state index contributed by atoms with van der Waals surface area (Å²) in [6.07, 6.45) is 1.35. The van der Waals surface area contributed by atoms with Crippen LogP contribution in [0.1, 0.15) is 36.0 Å². The van der Waals surface area contributed by atoms with Crippen molar-refractivity contribution in [2.45, 2.75) is 36.7 Å². The van der Waals surface area contributed by atoms with Gasteiger partial charge in [-0.1, -0.05) is 0 Å². The Kier molecular flexibility index (Phi) is 5.16. The molecule has 0 saturated heterocycles. The third kappa shape index (κ3) is 3.76. The molecule has 0 amide bonds. The number of ether oxygens (including phenoxy) is 1. The number of nitrogens with zero attached hydrogens (tertiary/aromatic N) is 1. The third-order valence-corrected chi connectivity index (χ3v) is 5.50. The van der Waals surface area contributed by atoms with Crippen molar-refractivity contribution in [3.05, 3.63) is 29.6 Å². The smallest absolute Gasteiger partial charge is 0.341 e. The molecule has 0 spiro atoms. The predicted octanol–water partition coefficient (Wildman–Crippen LogP) is 1.74. The summed E-state index contributed by atoms with van der Waals surface area (Å²) in [6, 6.07) is 2.91. The van der Waals surface area contributed by atoms with Gasteiger partial charge in [0.2, 0.25) is 10.0 Å². The minimum Gasteiger partial charge on any atom is -0.451 e. The van der Waals surface area contributed by atoms with E-state index in [9.17, 15) is 22.4 Å². The average Bonchev–Trinajstić information content (AvgIpc) is 2.49. The van der Waals surface area contributed by atoms with Crippen molar-refractivity contribution in [2.75, 3.05) is 14.1 Å². The van der Waals surface area contributed by atoms with Crippen molar-refractivity contribution in [2.24, 2.45) is 0 Å². The molecule has 1 aromatic rings. The summed E-state index contributed by atoms with van der Waals surface area (Å²) in [5.41, 5.74) is -0.494. The standard InChI is InChI=1S/C15H18FNO5S/c1-17(2)23(20,21)10-7-8-12(16)11(9-10)15(19)22-14-6-4-3-5-13(14)18/h7-9,14H,3-6H2,1-2H3/t14-/m1/s1. The molecule has 0 N–H and O–H groups in total. The van der Waals surface area contributed by atoms with Crippen molar-refractivity contribution in [1.29, 1.82) is 0 Å². The maximum Gasteiger partial charge on any atom is 0.341 e. The van der Waals surface area contributed by atoms with E-state index in [1.165, 1.54) is 14.1 Å². The molecular weight excluding hydrogens is 325 g/mol. The molecule has 0 bridgehead atoms. The van der Waals surface area contributed by atoms with Crippen LogP contribution >= 0.6 is 0 Å². The summed E-state index contributed by atoms with van der Waals surface area (Å²) >= 11 is 0. The molecule has 0 aliphatic heterocycles. The Labute approximate surface area is 134 Å². The van der Waals surface area contributed by atoms with Gasteiger partial charge in [0.15, 0.2) is 11.9 Å². The maximum absolute atomic E-state index is 13.9. The molecule has 1 aliphatic rings. The van der Waals surface area contributed by atoms with Crippen molar-refractivity contribution < 1.29 is 27.1 Å². The largest absolute Gasteiger partial charge is 0.451 e. The highest BCUT2D eigenvalue weighted by Crippen LogP contribution is 2.22. The first-order valence-corrected chi connectivity index (χ1v) is 8.63. The Hall–Kier alpha value is -1.80. The highest BCUT2D eigenvalue weighted by molar-refractivity contribution is 7.89. The first kappa shape index (κ1) is 17.6. The van der Waals surface area contributed by atoms with Gasteiger partial charge in [-0.2, -0.15) is 0 Å². The molecule has 6 nitrogen and oxygen atoms in total. The Balaban J connectivity index is 2.28. The van der Waals surface area contributed by atoms with Crippen LogP contribution in [-0.2, 0) is 19.6 Å². The van der Waals surface area contributed by atoms with E-state index in [0.717, 1.165) is 35.3 Å². The molecule has 1 saturated carbocycles. The van der Waals surface area contributed by atoms with E-state index in [2.05, 4.69) is 0 Å². The zero-order valence-corrected chi connectivity index (χ0v) is 13.7. The third-order valence-electron chi connectivity index (χ3n) is 3.68. The number of halogens is 1. The summed E-state index contributed by atoms with van der Waals surface area (Å²) in [6.45, 7) is 0. The second kappa shape index (κ2) is 6.76. The lowest BCUT2D eigenvalue weighted by Gasteiger charge is -2.21. The van der Waals surface area contributed by atoms with Gasteiger partial charge in [-0.05, 0) is 37.5 Å². The molecule has 0 unspecified atom stereocenters. The molecule has 1 atom stereocenters. The average molecular weight is 343 g/mol. The van der Waals surface area contributed by atoms with E-state index in [4.69, 9.17) is 4.74 Å². The number of hydrogen-bond donors (Lipinski definition) is 0. The van der Waals surface area contributed by atoms with Crippen LogP contribution in [0, 0.1) is 5.82 Å². The van der Waals surface area contributed by atoms with Crippen molar-refractivity contribution in [3.63, 3.8) is 0 Å². The molecule has 1 aliphatic carbocycles. The van der Waals surface area contributed by atoms with Gasteiger partial charge in [-0.3, -0.25) is 4.79 Å². The Bertz CT molecular complexity index is 729. The van der Waals surface area contributed by atoms with Gasteiger partial charge in [-0.15, -0.1) is 0 Å². The topological polar surface area (TPSA) is 80.8 Å². The molecule has 1 fully saturated rings. The number of carbonyl (C=O) groups is 2. The van der Waals surface area contributed by atoms with Crippen LogP contribution in [0.15, 0.2) is 23.1 Å². The first-order chi connectivity index (χ1) is 10.7. The number of carbonyl (C=O) groups excluding carboxylic acids is 2. The van der Waals surface area contributed by atoms with Gasteiger partial charge in [-0.25, -0.2) is 21.9 Å². The summed E-state index contributed by atoms with van der Waals surface area (Å²) in [5.74, 6) is -2.11. The number of esters is 1. The van der Waals surface area contributed by atoms with Crippen molar-refractivity contribution in [3.8, 4) is 0 Å². The Morgan fingerprint density at radius 3 is 2.61 bits per heavy atom. The minimum atomic E-state index is -3.80. The molecular formula is C15H18FNO5S. The molecule has 0 radical (unpaired) electrons. The highest BCUT2D eigenvalue weighted by atomic mass is 32.2. The minimum absolute atomic E-state index is 0.193. The van der Waals surface area contributed by atoms with Gasteiger partial charge < -0.3 is 4.74 Å². The fourth-order valence-corrected chi connectivity index (χ4v) is 3.23. The van der Waals surface area contributed by atoms with Gasteiger partial charge in [0.05, 0.1) is 10.5 Å². The molecule has 1 aromatic carbocycles. The molecule has 23 heavy (non-hydrogen) atoms. The quantitative estimate of drug-likeness (QED) is 0.778. The summed E-state index contributed by atoms with van der Waals surface area (Å²) in [5, 5.41) is 0. The Morgan fingerprint density at radius 1 is 1.30 bits per heavy atom. The van der Waals surface area contributed by atoms with E-state index in [1.54, 1.807) is 0 Å². The van der Waals surface area contributed by atoms with Crippen LogP contribution in [-0.4, -0.2) is 44.7 Å². The van der Waals surface area contributed by atoms with Crippen LogP contribution in [0.2, 0.25) is 0 Å². The van der Waals surface area contributed by atoms with Gasteiger partial charge in [0.1, 0.15) is 5.82 Å². The zero-order valence-electron chi connectivity index (χ0n) is 12.9. The van der Waals surface area contributed by atoms with E-state index in [-0.39, 0.29) is 10.7 Å². The van der Waals surface area contributed by atoms with Gasteiger partial charge in [0, 0.05) is 20.5 Å². The zero-order chi connectivity index (χ0) is 17.2.